The van der Waals surface area contributed by atoms with Crippen LogP contribution in [0.4, 0.5) is 0 Å². The molecule has 0 atom stereocenters. The molecule has 0 amide bonds. The van der Waals surface area contributed by atoms with Gasteiger partial charge in [0.1, 0.15) is 5.58 Å². The molecule has 245 valence electrons. The van der Waals surface area contributed by atoms with Crippen LogP contribution in [-0.4, -0.2) is 18.0 Å². The summed E-state index contributed by atoms with van der Waals surface area (Å²) in [6, 6.07) is 33.8. The molecule has 1 fully saturated rings. The van der Waals surface area contributed by atoms with Gasteiger partial charge in [0.05, 0.1) is 5.58 Å². The molecule has 0 N–H and O–H groups in total. The summed E-state index contributed by atoms with van der Waals surface area (Å²) < 4.78 is 6.48. The van der Waals surface area contributed by atoms with E-state index in [1.54, 1.807) is 0 Å². The van der Waals surface area contributed by atoms with Crippen LogP contribution < -0.4 is 5.19 Å². The molecular formula is C42H46IrN2OSi-2. The van der Waals surface area contributed by atoms with E-state index in [-0.39, 0.29) is 20.1 Å². The molecule has 3 aromatic carbocycles. The van der Waals surface area contributed by atoms with Crippen molar-refractivity contribution in [2.24, 2.45) is 10.8 Å². The monoisotopic (exact) mass is 815 g/mol. The summed E-state index contributed by atoms with van der Waals surface area (Å²) in [5.74, 6) is 0.554. The van der Waals surface area contributed by atoms with Crippen LogP contribution >= 0.6 is 0 Å². The first-order chi connectivity index (χ1) is 21.8. The van der Waals surface area contributed by atoms with E-state index < -0.39 is 8.07 Å². The standard InChI is InChI=1S/C30H36NOSi.C12H10N.Ir/c1-29(2)17-21(18-30(3,4)19-29)20-14-15-31-24(16-20)22-12-13-26(33(5,6)7)27-23-10-8-9-11-25(23)32-28(22)27;1-10-7-8-12(13-9-10)11-5-3-2-4-6-11;/h8-11,13-16,21H,17-19H2,1-7H3;2-5,7-9H,1H3;/q2*-1;. The van der Waals surface area contributed by atoms with Crippen LogP contribution in [0.15, 0.2) is 95.7 Å². The van der Waals surface area contributed by atoms with Crippen molar-refractivity contribution in [1.29, 1.82) is 0 Å². The molecule has 0 spiro atoms. The molecule has 3 nitrogen and oxygen atoms in total. The molecule has 0 aliphatic heterocycles. The Balaban J connectivity index is 0.000000260. The molecule has 0 unspecified atom stereocenters. The quantitative estimate of drug-likeness (QED) is 0.131. The zero-order chi connectivity index (χ0) is 32.7. The molecule has 3 aromatic heterocycles. The summed E-state index contributed by atoms with van der Waals surface area (Å²) in [5.41, 5.74) is 9.14. The van der Waals surface area contributed by atoms with Crippen molar-refractivity contribution in [3.05, 3.63) is 115 Å². The van der Waals surface area contributed by atoms with Crippen LogP contribution in [0.5, 0.6) is 0 Å². The predicted molar refractivity (Wildman–Crippen MR) is 196 cm³/mol. The number of aryl methyl sites for hydroxylation is 1. The maximum atomic E-state index is 6.48. The van der Waals surface area contributed by atoms with Gasteiger partial charge in [0.15, 0.2) is 0 Å². The molecule has 1 aliphatic rings. The van der Waals surface area contributed by atoms with Crippen molar-refractivity contribution in [2.45, 2.75) is 79.4 Å². The van der Waals surface area contributed by atoms with Gasteiger partial charge in [0.2, 0.25) is 0 Å². The third-order valence-electron chi connectivity index (χ3n) is 9.22. The molecule has 5 heteroatoms. The van der Waals surface area contributed by atoms with Crippen LogP contribution in [-0.2, 0) is 20.1 Å². The fraction of sp³-hybridized carbons (Fsp3) is 0.333. The molecule has 1 aliphatic carbocycles. The Morgan fingerprint density at radius 2 is 1.55 bits per heavy atom. The summed E-state index contributed by atoms with van der Waals surface area (Å²) >= 11 is 0. The molecule has 3 heterocycles. The second-order valence-electron chi connectivity index (χ2n) is 15.7. The normalized spacial score (nSPS) is 15.9. The Labute approximate surface area is 295 Å². The van der Waals surface area contributed by atoms with E-state index in [1.807, 2.05) is 55.7 Å². The first-order valence-corrected chi connectivity index (χ1v) is 20.0. The van der Waals surface area contributed by atoms with Crippen molar-refractivity contribution in [2.75, 3.05) is 0 Å². The fourth-order valence-electron chi connectivity index (χ4n) is 7.65. The average molecular weight is 815 g/mol. The number of furan rings is 1. The van der Waals surface area contributed by atoms with Crippen molar-refractivity contribution >= 4 is 35.2 Å². The van der Waals surface area contributed by atoms with Gasteiger partial charge in [-0.3, -0.25) is 0 Å². The zero-order valence-electron chi connectivity index (χ0n) is 29.0. The molecular weight excluding hydrogens is 769 g/mol. The number of nitrogens with zero attached hydrogens (tertiary/aromatic N) is 2. The van der Waals surface area contributed by atoms with Gasteiger partial charge in [-0.1, -0.05) is 100 Å². The predicted octanol–water partition coefficient (Wildman–Crippen LogP) is 11.2. The minimum absolute atomic E-state index is 0. The van der Waals surface area contributed by atoms with Crippen LogP contribution in [0.25, 0.3) is 44.5 Å². The summed E-state index contributed by atoms with van der Waals surface area (Å²) in [7, 11) is -1.58. The Bertz CT molecular complexity index is 1950. The van der Waals surface area contributed by atoms with Gasteiger partial charge < -0.3 is 14.4 Å². The van der Waals surface area contributed by atoms with Gasteiger partial charge in [-0.15, -0.1) is 53.2 Å². The number of benzene rings is 3. The number of aromatic nitrogens is 2. The van der Waals surface area contributed by atoms with Gasteiger partial charge in [-0.2, -0.15) is 0 Å². The number of rotatable bonds is 4. The maximum Gasteiger partial charge on any atom is 0.120 e. The first kappa shape index (κ1) is 34.9. The Kier molecular flexibility index (Phi) is 10.1. The minimum Gasteiger partial charge on any atom is -0.501 e. The van der Waals surface area contributed by atoms with Gasteiger partial charge in [-0.25, -0.2) is 0 Å². The number of hydrogen-bond donors (Lipinski definition) is 0. The van der Waals surface area contributed by atoms with Crippen molar-refractivity contribution < 1.29 is 24.5 Å². The van der Waals surface area contributed by atoms with Crippen LogP contribution in [0.2, 0.25) is 19.6 Å². The van der Waals surface area contributed by atoms with Crippen molar-refractivity contribution in [1.82, 2.24) is 9.97 Å². The van der Waals surface area contributed by atoms with Gasteiger partial charge in [-0.05, 0) is 72.0 Å². The molecule has 47 heavy (non-hydrogen) atoms. The van der Waals surface area contributed by atoms with Crippen LogP contribution in [0.1, 0.15) is 64.0 Å². The second kappa shape index (κ2) is 13.6. The molecule has 1 saturated carbocycles. The smallest absolute Gasteiger partial charge is 0.120 e. The summed E-state index contributed by atoms with van der Waals surface area (Å²) in [4.78, 5) is 9.13. The van der Waals surface area contributed by atoms with Crippen LogP contribution in [0, 0.1) is 29.9 Å². The van der Waals surface area contributed by atoms with Gasteiger partial charge in [0, 0.05) is 46.0 Å². The SMILES string of the molecule is CC1(C)CC(c2ccnc(-c3[c-]cc([Si](C)(C)C)c4c3oc3ccccc34)c2)CC(C)(C)C1.Cc1ccc(-c2[c-]cccc2)nc1.[Ir]. The molecule has 7 rings (SSSR count). The number of hydrogen-bond acceptors (Lipinski definition) is 3. The summed E-state index contributed by atoms with van der Waals surface area (Å²) in [5, 5.41) is 3.86. The van der Waals surface area contributed by atoms with Crippen LogP contribution in [0.3, 0.4) is 0 Å². The van der Waals surface area contributed by atoms with E-state index in [4.69, 9.17) is 9.40 Å². The zero-order valence-corrected chi connectivity index (χ0v) is 32.4. The first-order valence-electron chi connectivity index (χ1n) is 16.5. The number of para-hydroxylation sites is 1. The molecule has 6 aromatic rings. The minimum atomic E-state index is -1.58. The fourth-order valence-corrected chi connectivity index (χ4v) is 9.16. The Hall–Kier alpha value is -3.37. The average Bonchev–Trinajstić information content (AvgIpc) is 3.39. The van der Waals surface area contributed by atoms with E-state index in [1.165, 1.54) is 46.3 Å². The largest absolute Gasteiger partial charge is 0.501 e. The third-order valence-corrected chi connectivity index (χ3v) is 11.2. The van der Waals surface area contributed by atoms with E-state index >= 15 is 0 Å². The van der Waals surface area contributed by atoms with Gasteiger partial charge >= 0.3 is 0 Å². The van der Waals surface area contributed by atoms with E-state index in [0.29, 0.717) is 16.7 Å². The third kappa shape index (κ3) is 7.86. The Morgan fingerprint density at radius 1 is 0.830 bits per heavy atom. The summed E-state index contributed by atoms with van der Waals surface area (Å²) in [6.07, 6.45) is 7.57. The second-order valence-corrected chi connectivity index (χ2v) is 20.8. The van der Waals surface area contributed by atoms with Crippen molar-refractivity contribution in [3.63, 3.8) is 0 Å². The summed E-state index contributed by atoms with van der Waals surface area (Å²) in [6.45, 7) is 18.9. The molecule has 0 saturated heterocycles. The number of fused-ring (bicyclic) bond motifs is 3. The van der Waals surface area contributed by atoms with E-state index in [0.717, 1.165) is 33.7 Å². The molecule has 1 radical (unpaired) electrons. The topological polar surface area (TPSA) is 38.9 Å². The van der Waals surface area contributed by atoms with E-state index in [9.17, 15) is 0 Å². The molecule has 0 bridgehead atoms. The maximum absolute atomic E-state index is 6.48. The Morgan fingerprint density at radius 3 is 2.21 bits per heavy atom. The van der Waals surface area contributed by atoms with Crippen molar-refractivity contribution in [3.8, 4) is 22.5 Å². The van der Waals surface area contributed by atoms with Gasteiger partial charge in [0.25, 0.3) is 0 Å². The van der Waals surface area contributed by atoms with E-state index in [2.05, 4.69) is 107 Å². The number of pyridine rings is 2.